The Morgan fingerprint density at radius 2 is 2.04 bits per heavy atom. The summed E-state index contributed by atoms with van der Waals surface area (Å²) < 4.78 is 5.48. The highest BCUT2D eigenvalue weighted by atomic mass is 16.5. The molecule has 0 aliphatic carbocycles. The first kappa shape index (κ1) is 18.5. The molecule has 1 saturated heterocycles. The van der Waals surface area contributed by atoms with E-state index in [0.29, 0.717) is 32.5 Å². The minimum absolute atomic E-state index is 0.0413. The topological polar surface area (TPSA) is 58.6 Å². The lowest BCUT2D eigenvalue weighted by Crippen LogP contribution is -2.54. The largest absolute Gasteiger partial charge is 0.379 e. The van der Waals surface area contributed by atoms with E-state index in [1.807, 2.05) is 51.1 Å². The van der Waals surface area contributed by atoms with E-state index in [9.17, 15) is 9.59 Å². The summed E-state index contributed by atoms with van der Waals surface area (Å²) in [5.41, 5.74) is 0.267. The summed E-state index contributed by atoms with van der Waals surface area (Å²) in [6.45, 7) is 7.51. The van der Waals surface area contributed by atoms with Gasteiger partial charge >= 0.3 is 0 Å². The van der Waals surface area contributed by atoms with Crippen molar-refractivity contribution in [3.05, 3.63) is 35.9 Å². The first-order valence-electron chi connectivity index (χ1n) is 8.68. The van der Waals surface area contributed by atoms with Crippen molar-refractivity contribution in [3.63, 3.8) is 0 Å². The molecule has 0 bridgehead atoms. The summed E-state index contributed by atoms with van der Waals surface area (Å²) in [5, 5.41) is 2.96. The number of carbonyl (C=O) groups excluding carboxylic acids is 2. The Hall–Kier alpha value is -1.88. The van der Waals surface area contributed by atoms with E-state index in [2.05, 4.69) is 5.32 Å². The molecule has 1 aliphatic heterocycles. The van der Waals surface area contributed by atoms with E-state index >= 15 is 0 Å². The molecule has 1 unspecified atom stereocenters. The van der Waals surface area contributed by atoms with Crippen molar-refractivity contribution in [1.29, 1.82) is 0 Å². The predicted octanol–water partition coefficient (Wildman–Crippen LogP) is 2.50. The summed E-state index contributed by atoms with van der Waals surface area (Å²) in [4.78, 5) is 26.7. The zero-order valence-corrected chi connectivity index (χ0v) is 14.9. The van der Waals surface area contributed by atoms with Crippen LogP contribution in [0.25, 0.3) is 0 Å². The Morgan fingerprint density at radius 1 is 1.33 bits per heavy atom. The van der Waals surface area contributed by atoms with Crippen molar-refractivity contribution in [1.82, 2.24) is 10.2 Å². The van der Waals surface area contributed by atoms with E-state index in [4.69, 9.17) is 4.74 Å². The summed E-state index contributed by atoms with van der Waals surface area (Å²) in [5.74, 6) is -0.0338. The highest BCUT2D eigenvalue weighted by Crippen LogP contribution is 2.31. The van der Waals surface area contributed by atoms with Gasteiger partial charge in [-0.25, -0.2) is 0 Å². The van der Waals surface area contributed by atoms with Crippen LogP contribution in [0.5, 0.6) is 0 Å². The summed E-state index contributed by atoms with van der Waals surface area (Å²) in [6, 6.07) is 9.80. The molecule has 1 aliphatic rings. The third-order valence-electron chi connectivity index (χ3n) is 4.45. The van der Waals surface area contributed by atoms with Gasteiger partial charge in [0, 0.05) is 26.1 Å². The average molecular weight is 332 g/mol. The fourth-order valence-electron chi connectivity index (χ4n) is 2.94. The van der Waals surface area contributed by atoms with Gasteiger partial charge in [0.05, 0.1) is 6.10 Å². The van der Waals surface area contributed by atoms with Crippen molar-refractivity contribution in [3.8, 4) is 0 Å². The normalized spacial score (nSPS) is 20.7. The van der Waals surface area contributed by atoms with Crippen LogP contribution in [0.3, 0.4) is 0 Å². The molecule has 0 aromatic heterocycles. The van der Waals surface area contributed by atoms with Gasteiger partial charge in [0.25, 0.3) is 0 Å². The SMILES string of the molecule is CC(C)OCCCNC(=O)C1(C)CCC(=O)N1Cc1ccccc1. The second kappa shape index (κ2) is 8.29. The average Bonchev–Trinajstić information content (AvgIpc) is 2.85. The third-order valence-corrected chi connectivity index (χ3v) is 4.45. The number of hydrogen-bond acceptors (Lipinski definition) is 3. The molecule has 1 aromatic carbocycles. The monoisotopic (exact) mass is 332 g/mol. The maximum absolute atomic E-state index is 12.7. The maximum Gasteiger partial charge on any atom is 0.245 e. The Morgan fingerprint density at radius 3 is 2.71 bits per heavy atom. The lowest BCUT2D eigenvalue weighted by molar-refractivity contribution is -0.141. The fourth-order valence-corrected chi connectivity index (χ4v) is 2.94. The zero-order valence-electron chi connectivity index (χ0n) is 14.9. The molecule has 1 fully saturated rings. The molecule has 24 heavy (non-hydrogen) atoms. The van der Waals surface area contributed by atoms with E-state index in [-0.39, 0.29) is 17.9 Å². The van der Waals surface area contributed by atoms with Crippen molar-refractivity contribution < 1.29 is 14.3 Å². The van der Waals surface area contributed by atoms with Gasteiger partial charge in [-0.15, -0.1) is 0 Å². The number of likely N-dealkylation sites (tertiary alicyclic amines) is 1. The van der Waals surface area contributed by atoms with E-state index in [1.54, 1.807) is 4.90 Å². The minimum Gasteiger partial charge on any atom is -0.379 e. The second-order valence-electron chi connectivity index (χ2n) is 6.77. The molecule has 132 valence electrons. The van der Waals surface area contributed by atoms with Gasteiger partial charge in [0.1, 0.15) is 5.54 Å². The molecule has 5 nitrogen and oxygen atoms in total. The molecular formula is C19H28N2O3. The van der Waals surface area contributed by atoms with Crippen LogP contribution in [0.2, 0.25) is 0 Å². The summed E-state index contributed by atoms with van der Waals surface area (Å²) in [6.07, 6.45) is 1.96. The number of carbonyl (C=O) groups is 2. The second-order valence-corrected chi connectivity index (χ2v) is 6.77. The van der Waals surface area contributed by atoms with Crippen LogP contribution in [0, 0.1) is 0 Å². The van der Waals surface area contributed by atoms with Gasteiger partial charge in [-0.1, -0.05) is 30.3 Å². The molecule has 5 heteroatoms. The van der Waals surface area contributed by atoms with Crippen molar-refractivity contribution in [2.75, 3.05) is 13.2 Å². The highest BCUT2D eigenvalue weighted by molar-refractivity contribution is 5.94. The minimum atomic E-state index is -0.772. The number of rotatable bonds is 8. The van der Waals surface area contributed by atoms with E-state index in [0.717, 1.165) is 12.0 Å². The Kier molecular flexibility index (Phi) is 6.37. The molecule has 1 aromatic rings. The molecule has 1 heterocycles. The maximum atomic E-state index is 12.7. The van der Waals surface area contributed by atoms with E-state index < -0.39 is 5.54 Å². The Labute approximate surface area is 144 Å². The first-order valence-corrected chi connectivity index (χ1v) is 8.68. The number of benzene rings is 1. The number of nitrogens with one attached hydrogen (secondary N) is 1. The lowest BCUT2D eigenvalue weighted by Gasteiger charge is -2.34. The predicted molar refractivity (Wildman–Crippen MR) is 93.3 cm³/mol. The van der Waals surface area contributed by atoms with Gasteiger partial charge < -0.3 is 15.0 Å². The molecule has 2 amide bonds. The fraction of sp³-hybridized carbons (Fsp3) is 0.579. The lowest BCUT2D eigenvalue weighted by atomic mass is 9.97. The van der Waals surface area contributed by atoms with Gasteiger partial charge in [0.15, 0.2) is 0 Å². The van der Waals surface area contributed by atoms with Crippen LogP contribution in [0.1, 0.15) is 45.6 Å². The Balaban J connectivity index is 1.92. The molecule has 0 radical (unpaired) electrons. The molecule has 2 rings (SSSR count). The van der Waals surface area contributed by atoms with Crippen LogP contribution in [0.4, 0.5) is 0 Å². The van der Waals surface area contributed by atoms with Crippen LogP contribution in [-0.2, 0) is 20.9 Å². The molecule has 1 atom stereocenters. The standard InChI is InChI=1S/C19H28N2O3/c1-15(2)24-13-7-12-20-18(23)19(3)11-10-17(22)21(19)14-16-8-5-4-6-9-16/h4-6,8-9,15H,7,10-14H2,1-3H3,(H,20,23). The molecular weight excluding hydrogens is 304 g/mol. The van der Waals surface area contributed by atoms with E-state index in [1.165, 1.54) is 0 Å². The smallest absolute Gasteiger partial charge is 0.245 e. The number of ether oxygens (including phenoxy) is 1. The quantitative estimate of drug-likeness (QED) is 0.744. The van der Waals surface area contributed by atoms with Crippen molar-refractivity contribution in [2.24, 2.45) is 0 Å². The molecule has 1 N–H and O–H groups in total. The van der Waals surface area contributed by atoms with Gasteiger partial charge in [-0.3, -0.25) is 9.59 Å². The number of nitrogens with zero attached hydrogens (tertiary/aromatic N) is 1. The Bertz CT molecular complexity index is 559. The van der Waals surface area contributed by atoms with Gasteiger partial charge in [0.2, 0.25) is 11.8 Å². The summed E-state index contributed by atoms with van der Waals surface area (Å²) in [7, 11) is 0. The van der Waals surface area contributed by atoms with Crippen LogP contribution in [-0.4, -0.2) is 41.5 Å². The third kappa shape index (κ3) is 4.57. The van der Waals surface area contributed by atoms with Crippen molar-refractivity contribution >= 4 is 11.8 Å². The molecule has 0 spiro atoms. The molecule has 0 saturated carbocycles. The van der Waals surface area contributed by atoms with Crippen LogP contribution < -0.4 is 5.32 Å². The van der Waals surface area contributed by atoms with Crippen LogP contribution in [0.15, 0.2) is 30.3 Å². The van der Waals surface area contributed by atoms with Gasteiger partial charge in [-0.05, 0) is 39.2 Å². The number of hydrogen-bond donors (Lipinski definition) is 1. The van der Waals surface area contributed by atoms with Gasteiger partial charge in [-0.2, -0.15) is 0 Å². The number of amides is 2. The summed E-state index contributed by atoms with van der Waals surface area (Å²) >= 11 is 0. The zero-order chi connectivity index (χ0) is 17.6. The first-order chi connectivity index (χ1) is 11.4. The van der Waals surface area contributed by atoms with Crippen molar-refractivity contribution in [2.45, 2.75) is 58.2 Å². The highest BCUT2D eigenvalue weighted by Gasteiger charge is 2.46. The van der Waals surface area contributed by atoms with Crippen LogP contribution >= 0.6 is 0 Å².